The van der Waals surface area contributed by atoms with Gasteiger partial charge >= 0.3 is 0 Å². The lowest BCUT2D eigenvalue weighted by Crippen LogP contribution is -2.22. The zero-order chi connectivity index (χ0) is 12.3. The van der Waals surface area contributed by atoms with E-state index in [1.54, 1.807) is 7.11 Å². The van der Waals surface area contributed by atoms with E-state index >= 15 is 0 Å². The van der Waals surface area contributed by atoms with E-state index in [4.69, 9.17) is 4.74 Å². The first-order valence-electron chi connectivity index (χ1n) is 6.00. The van der Waals surface area contributed by atoms with E-state index in [0.717, 1.165) is 37.4 Å². The molecule has 0 radical (unpaired) electrons. The quantitative estimate of drug-likeness (QED) is 0.799. The number of methoxy groups -OCH3 is 1. The summed E-state index contributed by atoms with van der Waals surface area (Å²) in [6, 6.07) is 8.20. The van der Waals surface area contributed by atoms with Gasteiger partial charge in [-0.05, 0) is 25.0 Å². The van der Waals surface area contributed by atoms with Crippen LogP contribution in [-0.4, -0.2) is 26.8 Å². The Bertz CT molecular complexity index is 436. The average Bonchev–Trinajstić information content (AvgIpc) is 2.77. The summed E-state index contributed by atoms with van der Waals surface area (Å²) in [5.41, 5.74) is 3.07. The molecule has 1 atom stereocenters. The lowest BCUT2D eigenvalue weighted by atomic mass is 10.1. The minimum atomic E-state index is 0.589. The van der Waals surface area contributed by atoms with E-state index < -0.39 is 0 Å². The highest BCUT2D eigenvalue weighted by Gasteiger charge is 2.25. The number of nitriles is 1. The largest absolute Gasteiger partial charge is 0.384 e. The third kappa shape index (κ3) is 2.42. The number of para-hydroxylation sites is 1. The molecular formula is C14H18N2O. The Morgan fingerprint density at radius 1 is 1.53 bits per heavy atom. The van der Waals surface area contributed by atoms with Crippen LogP contribution in [-0.2, 0) is 4.74 Å². The molecule has 0 amide bonds. The summed E-state index contributed by atoms with van der Waals surface area (Å²) in [6.45, 7) is 4.89. The van der Waals surface area contributed by atoms with Crippen molar-refractivity contribution in [1.29, 1.82) is 5.26 Å². The lowest BCUT2D eigenvalue weighted by Gasteiger charge is -2.22. The molecule has 1 saturated heterocycles. The second-order valence-corrected chi connectivity index (χ2v) is 4.64. The molecule has 1 aromatic rings. The first kappa shape index (κ1) is 11.9. The highest BCUT2D eigenvalue weighted by molar-refractivity contribution is 5.64. The van der Waals surface area contributed by atoms with Crippen LogP contribution in [0.4, 0.5) is 5.69 Å². The van der Waals surface area contributed by atoms with Crippen molar-refractivity contribution in [3.63, 3.8) is 0 Å². The molecule has 0 N–H and O–H groups in total. The van der Waals surface area contributed by atoms with Crippen LogP contribution in [0.5, 0.6) is 0 Å². The Hall–Kier alpha value is -1.53. The molecule has 1 heterocycles. The summed E-state index contributed by atoms with van der Waals surface area (Å²) < 4.78 is 5.21. The van der Waals surface area contributed by atoms with Gasteiger partial charge in [0.25, 0.3) is 0 Å². The molecule has 1 aliphatic heterocycles. The van der Waals surface area contributed by atoms with Gasteiger partial charge in [-0.2, -0.15) is 5.26 Å². The second-order valence-electron chi connectivity index (χ2n) is 4.64. The van der Waals surface area contributed by atoms with Gasteiger partial charge in [-0.25, -0.2) is 0 Å². The first-order chi connectivity index (χ1) is 8.26. The maximum Gasteiger partial charge on any atom is 0.101 e. The highest BCUT2D eigenvalue weighted by Crippen LogP contribution is 2.29. The molecule has 1 unspecified atom stereocenters. The first-order valence-corrected chi connectivity index (χ1v) is 6.00. The van der Waals surface area contributed by atoms with Crippen LogP contribution in [0.1, 0.15) is 17.5 Å². The monoisotopic (exact) mass is 230 g/mol. The van der Waals surface area contributed by atoms with Crippen molar-refractivity contribution < 1.29 is 4.74 Å². The Balaban J connectivity index is 2.22. The zero-order valence-corrected chi connectivity index (χ0v) is 10.4. The van der Waals surface area contributed by atoms with Crippen LogP contribution in [0.3, 0.4) is 0 Å². The van der Waals surface area contributed by atoms with Crippen LogP contribution in [0, 0.1) is 24.2 Å². The molecule has 0 bridgehead atoms. The number of anilines is 1. The molecule has 90 valence electrons. The maximum atomic E-state index is 9.17. The van der Waals surface area contributed by atoms with Crippen LogP contribution >= 0.6 is 0 Å². The van der Waals surface area contributed by atoms with Gasteiger partial charge in [0.1, 0.15) is 6.07 Å². The van der Waals surface area contributed by atoms with Crippen LogP contribution < -0.4 is 4.90 Å². The van der Waals surface area contributed by atoms with Crippen LogP contribution in [0.15, 0.2) is 18.2 Å². The number of ether oxygens (including phenoxy) is 1. The standard InChI is InChI=1S/C14H18N2O/c1-11-4-3-5-13(8-15)14(11)16-7-6-12(9-16)10-17-2/h3-5,12H,6-7,9-10H2,1-2H3. The highest BCUT2D eigenvalue weighted by atomic mass is 16.5. The Kier molecular flexibility index (Phi) is 3.65. The molecule has 2 rings (SSSR count). The number of rotatable bonds is 3. The summed E-state index contributed by atoms with van der Waals surface area (Å²) in [4.78, 5) is 2.32. The van der Waals surface area contributed by atoms with Crippen molar-refractivity contribution in [2.24, 2.45) is 5.92 Å². The van der Waals surface area contributed by atoms with E-state index in [2.05, 4.69) is 24.0 Å². The topological polar surface area (TPSA) is 36.3 Å². The summed E-state index contributed by atoms with van der Waals surface area (Å²) in [5.74, 6) is 0.589. The van der Waals surface area contributed by atoms with Gasteiger partial charge < -0.3 is 9.64 Å². The van der Waals surface area contributed by atoms with Gasteiger partial charge in [0.15, 0.2) is 0 Å². The maximum absolute atomic E-state index is 9.17. The van der Waals surface area contributed by atoms with Crippen molar-refractivity contribution in [2.45, 2.75) is 13.3 Å². The minimum Gasteiger partial charge on any atom is -0.384 e. The van der Waals surface area contributed by atoms with Crippen LogP contribution in [0.2, 0.25) is 0 Å². The van der Waals surface area contributed by atoms with E-state index in [9.17, 15) is 5.26 Å². The Morgan fingerprint density at radius 3 is 3.06 bits per heavy atom. The molecule has 0 spiro atoms. The van der Waals surface area contributed by atoms with Gasteiger partial charge in [0.05, 0.1) is 17.9 Å². The molecular weight excluding hydrogens is 212 g/mol. The van der Waals surface area contributed by atoms with Crippen molar-refractivity contribution >= 4 is 5.69 Å². The summed E-state index contributed by atoms with van der Waals surface area (Å²) in [7, 11) is 1.75. The summed E-state index contributed by atoms with van der Waals surface area (Å²) in [6.07, 6.45) is 1.15. The fourth-order valence-corrected chi connectivity index (χ4v) is 2.58. The second kappa shape index (κ2) is 5.20. The molecule has 17 heavy (non-hydrogen) atoms. The average molecular weight is 230 g/mol. The van der Waals surface area contributed by atoms with Crippen molar-refractivity contribution in [3.05, 3.63) is 29.3 Å². The fourth-order valence-electron chi connectivity index (χ4n) is 2.58. The molecule has 1 aromatic carbocycles. The van der Waals surface area contributed by atoms with E-state index in [0.29, 0.717) is 5.92 Å². The number of nitrogens with zero attached hydrogens (tertiary/aromatic N) is 2. The lowest BCUT2D eigenvalue weighted by molar-refractivity contribution is 0.161. The van der Waals surface area contributed by atoms with Crippen molar-refractivity contribution in [2.75, 3.05) is 31.7 Å². The number of hydrogen-bond acceptors (Lipinski definition) is 3. The summed E-state index contributed by atoms with van der Waals surface area (Å²) in [5, 5.41) is 9.17. The molecule has 1 fully saturated rings. The third-order valence-electron chi connectivity index (χ3n) is 3.36. The normalized spacial score (nSPS) is 19.4. The molecule has 0 saturated carbocycles. The Labute approximate surface area is 103 Å². The van der Waals surface area contributed by atoms with E-state index in [-0.39, 0.29) is 0 Å². The smallest absolute Gasteiger partial charge is 0.101 e. The molecule has 1 aliphatic rings. The van der Waals surface area contributed by atoms with Crippen LogP contribution in [0.25, 0.3) is 0 Å². The zero-order valence-electron chi connectivity index (χ0n) is 10.4. The fraction of sp³-hybridized carbons (Fsp3) is 0.500. The number of benzene rings is 1. The van der Waals surface area contributed by atoms with E-state index in [1.807, 2.05) is 12.1 Å². The number of aryl methyl sites for hydroxylation is 1. The third-order valence-corrected chi connectivity index (χ3v) is 3.36. The minimum absolute atomic E-state index is 0.589. The van der Waals surface area contributed by atoms with Gasteiger partial charge in [-0.15, -0.1) is 0 Å². The van der Waals surface area contributed by atoms with Gasteiger partial charge in [0, 0.05) is 26.1 Å². The van der Waals surface area contributed by atoms with Crippen molar-refractivity contribution in [1.82, 2.24) is 0 Å². The SMILES string of the molecule is COCC1CCN(c2c(C)cccc2C#N)C1. The molecule has 3 heteroatoms. The molecule has 0 aliphatic carbocycles. The number of hydrogen-bond donors (Lipinski definition) is 0. The Morgan fingerprint density at radius 2 is 2.35 bits per heavy atom. The predicted molar refractivity (Wildman–Crippen MR) is 68.1 cm³/mol. The van der Waals surface area contributed by atoms with Crippen molar-refractivity contribution in [3.8, 4) is 6.07 Å². The van der Waals surface area contributed by atoms with Gasteiger partial charge in [-0.3, -0.25) is 0 Å². The van der Waals surface area contributed by atoms with Gasteiger partial charge in [-0.1, -0.05) is 12.1 Å². The molecule has 0 aromatic heterocycles. The van der Waals surface area contributed by atoms with E-state index in [1.165, 1.54) is 5.56 Å². The predicted octanol–water partition coefficient (Wildman–Crippen LogP) is 2.34. The van der Waals surface area contributed by atoms with Gasteiger partial charge in [0.2, 0.25) is 0 Å². The summed E-state index contributed by atoms with van der Waals surface area (Å²) >= 11 is 0. The molecule has 3 nitrogen and oxygen atoms in total.